The van der Waals surface area contributed by atoms with Gasteiger partial charge in [-0.15, -0.1) is 5.10 Å². The summed E-state index contributed by atoms with van der Waals surface area (Å²) >= 11 is 0. The standard InChI is InChI=1S/C14H26N2O/c1-7-8-16-11(9-10(2)3)12(13(17)15-16)14(4,5)6/h10H,7-9H2,1-6H3,(H,15,17). The van der Waals surface area contributed by atoms with Gasteiger partial charge in [0, 0.05) is 17.8 Å². The highest BCUT2D eigenvalue weighted by molar-refractivity contribution is 5.37. The van der Waals surface area contributed by atoms with Gasteiger partial charge in [0.2, 0.25) is 5.88 Å². The summed E-state index contributed by atoms with van der Waals surface area (Å²) in [5, 5.41) is 14.3. The first-order valence-corrected chi connectivity index (χ1v) is 6.56. The van der Waals surface area contributed by atoms with E-state index >= 15 is 0 Å². The van der Waals surface area contributed by atoms with Gasteiger partial charge >= 0.3 is 0 Å². The second kappa shape index (κ2) is 5.11. The molecule has 1 N–H and O–H groups in total. The first-order valence-electron chi connectivity index (χ1n) is 6.56. The lowest BCUT2D eigenvalue weighted by Gasteiger charge is -2.20. The van der Waals surface area contributed by atoms with Crippen LogP contribution >= 0.6 is 0 Å². The smallest absolute Gasteiger partial charge is 0.234 e. The minimum absolute atomic E-state index is 0.0553. The van der Waals surface area contributed by atoms with Gasteiger partial charge in [0.1, 0.15) is 0 Å². The van der Waals surface area contributed by atoms with E-state index in [1.54, 1.807) is 0 Å². The molecule has 0 atom stereocenters. The highest BCUT2D eigenvalue weighted by Crippen LogP contribution is 2.34. The van der Waals surface area contributed by atoms with E-state index in [0.29, 0.717) is 5.92 Å². The summed E-state index contributed by atoms with van der Waals surface area (Å²) in [6.07, 6.45) is 2.01. The zero-order valence-corrected chi connectivity index (χ0v) is 12.0. The monoisotopic (exact) mass is 238 g/mol. The van der Waals surface area contributed by atoms with Gasteiger partial charge in [-0.1, -0.05) is 41.5 Å². The molecule has 0 saturated heterocycles. The minimum atomic E-state index is -0.0553. The lowest BCUT2D eigenvalue weighted by atomic mass is 9.85. The summed E-state index contributed by atoms with van der Waals surface area (Å²) in [6, 6.07) is 0. The number of rotatable bonds is 4. The van der Waals surface area contributed by atoms with Crippen molar-refractivity contribution in [1.82, 2.24) is 9.78 Å². The minimum Gasteiger partial charge on any atom is -0.492 e. The predicted molar refractivity (Wildman–Crippen MR) is 71.4 cm³/mol. The molecule has 0 aliphatic rings. The molecule has 1 aromatic heterocycles. The van der Waals surface area contributed by atoms with E-state index < -0.39 is 0 Å². The Balaban J connectivity index is 3.26. The van der Waals surface area contributed by atoms with Crippen LogP contribution in [-0.4, -0.2) is 14.9 Å². The molecule has 0 unspecified atom stereocenters. The molecule has 0 aliphatic heterocycles. The van der Waals surface area contributed by atoms with E-state index in [-0.39, 0.29) is 11.3 Å². The van der Waals surface area contributed by atoms with Gasteiger partial charge in [0.15, 0.2) is 0 Å². The van der Waals surface area contributed by atoms with Gasteiger partial charge in [0.05, 0.1) is 0 Å². The lowest BCUT2D eigenvalue weighted by Crippen LogP contribution is -2.16. The molecule has 0 aromatic carbocycles. The summed E-state index contributed by atoms with van der Waals surface area (Å²) in [6.45, 7) is 13.8. The molecule has 0 fully saturated rings. The Morgan fingerprint density at radius 1 is 1.29 bits per heavy atom. The van der Waals surface area contributed by atoms with Crippen molar-refractivity contribution in [2.45, 2.75) is 66.3 Å². The van der Waals surface area contributed by atoms with E-state index in [1.165, 1.54) is 5.69 Å². The maximum absolute atomic E-state index is 10.1. The van der Waals surface area contributed by atoms with Crippen LogP contribution in [0.1, 0.15) is 59.2 Å². The van der Waals surface area contributed by atoms with Crippen LogP contribution in [0.5, 0.6) is 5.88 Å². The fraction of sp³-hybridized carbons (Fsp3) is 0.786. The van der Waals surface area contributed by atoms with Crippen molar-refractivity contribution < 1.29 is 5.11 Å². The van der Waals surface area contributed by atoms with Crippen molar-refractivity contribution in [3.05, 3.63) is 11.3 Å². The van der Waals surface area contributed by atoms with Crippen LogP contribution in [0.2, 0.25) is 0 Å². The van der Waals surface area contributed by atoms with Gasteiger partial charge in [0.25, 0.3) is 0 Å². The summed E-state index contributed by atoms with van der Waals surface area (Å²) in [5.74, 6) is 0.782. The van der Waals surface area contributed by atoms with E-state index in [2.05, 4.69) is 46.6 Å². The molecule has 1 aromatic rings. The highest BCUT2D eigenvalue weighted by Gasteiger charge is 2.27. The van der Waals surface area contributed by atoms with Gasteiger partial charge in [-0.3, -0.25) is 4.68 Å². The normalized spacial score (nSPS) is 12.4. The molecule has 1 rings (SSSR count). The number of aromatic hydroxyl groups is 1. The summed E-state index contributed by atoms with van der Waals surface area (Å²) in [5.41, 5.74) is 2.16. The summed E-state index contributed by atoms with van der Waals surface area (Å²) < 4.78 is 1.98. The Kier molecular flexibility index (Phi) is 4.23. The van der Waals surface area contributed by atoms with Crippen LogP contribution in [0.3, 0.4) is 0 Å². The van der Waals surface area contributed by atoms with E-state index in [9.17, 15) is 5.11 Å². The van der Waals surface area contributed by atoms with Crippen LogP contribution in [0.15, 0.2) is 0 Å². The van der Waals surface area contributed by atoms with Crippen LogP contribution in [0.4, 0.5) is 0 Å². The zero-order valence-electron chi connectivity index (χ0n) is 12.0. The SMILES string of the molecule is CCCn1nc(O)c(C(C)(C)C)c1CC(C)C. The van der Waals surface area contributed by atoms with Crippen molar-refractivity contribution in [3.8, 4) is 5.88 Å². The third kappa shape index (κ3) is 3.24. The van der Waals surface area contributed by atoms with Crippen molar-refractivity contribution in [2.24, 2.45) is 5.92 Å². The molecule has 0 amide bonds. The third-order valence-corrected chi connectivity index (χ3v) is 2.83. The lowest BCUT2D eigenvalue weighted by molar-refractivity contribution is 0.420. The molecule has 3 heteroatoms. The van der Waals surface area contributed by atoms with Crippen molar-refractivity contribution >= 4 is 0 Å². The fourth-order valence-electron chi connectivity index (χ4n) is 2.24. The molecule has 1 heterocycles. The number of nitrogens with zero attached hydrogens (tertiary/aromatic N) is 2. The van der Waals surface area contributed by atoms with Gasteiger partial charge in [-0.05, 0) is 24.2 Å². The molecular weight excluding hydrogens is 212 g/mol. The summed E-state index contributed by atoms with van der Waals surface area (Å²) in [4.78, 5) is 0. The Morgan fingerprint density at radius 2 is 1.88 bits per heavy atom. The average molecular weight is 238 g/mol. The molecular formula is C14H26N2O. The molecule has 0 radical (unpaired) electrons. The zero-order chi connectivity index (χ0) is 13.2. The molecule has 0 saturated carbocycles. The summed E-state index contributed by atoms with van der Waals surface area (Å²) in [7, 11) is 0. The molecule has 0 bridgehead atoms. The Bertz CT molecular complexity index is 372. The molecule has 17 heavy (non-hydrogen) atoms. The second-order valence-corrected chi connectivity index (χ2v) is 6.22. The van der Waals surface area contributed by atoms with E-state index in [0.717, 1.165) is 24.9 Å². The number of aromatic nitrogens is 2. The number of hydrogen-bond donors (Lipinski definition) is 1. The van der Waals surface area contributed by atoms with Gasteiger partial charge < -0.3 is 5.11 Å². The topological polar surface area (TPSA) is 38.0 Å². The largest absolute Gasteiger partial charge is 0.492 e. The quantitative estimate of drug-likeness (QED) is 0.872. The Morgan fingerprint density at radius 3 is 2.29 bits per heavy atom. The second-order valence-electron chi connectivity index (χ2n) is 6.22. The Hall–Kier alpha value is -0.990. The van der Waals surface area contributed by atoms with Crippen molar-refractivity contribution in [1.29, 1.82) is 0 Å². The Labute approximate surface area is 105 Å². The van der Waals surface area contributed by atoms with Crippen LogP contribution in [0, 0.1) is 5.92 Å². The van der Waals surface area contributed by atoms with Crippen molar-refractivity contribution in [3.63, 3.8) is 0 Å². The molecule has 3 nitrogen and oxygen atoms in total. The van der Waals surface area contributed by atoms with E-state index in [4.69, 9.17) is 0 Å². The van der Waals surface area contributed by atoms with Gasteiger partial charge in [-0.2, -0.15) is 0 Å². The van der Waals surface area contributed by atoms with Crippen LogP contribution < -0.4 is 0 Å². The van der Waals surface area contributed by atoms with Crippen LogP contribution in [0.25, 0.3) is 0 Å². The first-order chi connectivity index (χ1) is 7.77. The van der Waals surface area contributed by atoms with E-state index in [1.807, 2.05) is 4.68 Å². The first kappa shape index (κ1) is 14.1. The van der Waals surface area contributed by atoms with Gasteiger partial charge in [-0.25, -0.2) is 0 Å². The van der Waals surface area contributed by atoms with Crippen LogP contribution in [-0.2, 0) is 18.4 Å². The third-order valence-electron chi connectivity index (χ3n) is 2.83. The molecule has 0 spiro atoms. The fourth-order valence-corrected chi connectivity index (χ4v) is 2.24. The number of aryl methyl sites for hydroxylation is 1. The average Bonchev–Trinajstić information content (AvgIpc) is 2.41. The predicted octanol–water partition coefficient (Wildman–Crippen LogP) is 3.49. The molecule has 0 aliphatic carbocycles. The highest BCUT2D eigenvalue weighted by atomic mass is 16.3. The maximum Gasteiger partial charge on any atom is 0.234 e. The maximum atomic E-state index is 10.1. The van der Waals surface area contributed by atoms with Crippen molar-refractivity contribution in [2.75, 3.05) is 0 Å². The number of hydrogen-bond acceptors (Lipinski definition) is 2. The molecule has 98 valence electrons.